The van der Waals surface area contributed by atoms with E-state index in [0.717, 1.165) is 25.9 Å². The molecule has 3 rings (SSSR count). The van der Waals surface area contributed by atoms with E-state index in [0.29, 0.717) is 11.8 Å². The van der Waals surface area contributed by atoms with Gasteiger partial charge in [0.05, 0.1) is 0 Å². The zero-order valence-electron chi connectivity index (χ0n) is 13.0. The van der Waals surface area contributed by atoms with Crippen LogP contribution in [0, 0.1) is 23.1 Å². The summed E-state index contributed by atoms with van der Waals surface area (Å²) >= 11 is 0. The first-order valence-electron chi connectivity index (χ1n) is 7.69. The molecule has 2 heterocycles. The smallest absolute Gasteiger partial charge is 0.236 e. The number of benzene rings is 1. The Kier molecular flexibility index (Phi) is 4.47. The van der Waals surface area contributed by atoms with E-state index in [1.807, 2.05) is 4.90 Å². The van der Waals surface area contributed by atoms with Crippen LogP contribution < -0.4 is 9.64 Å². The van der Waals surface area contributed by atoms with Gasteiger partial charge < -0.3 is 14.1 Å². The van der Waals surface area contributed by atoms with Crippen molar-refractivity contribution in [2.24, 2.45) is 5.92 Å². The Hall–Kier alpha value is -2.55. The SMILES string of the molecule is CC1CCN(c2oc(COc3ccccc3F)nc2C#N)CC1. The fourth-order valence-corrected chi connectivity index (χ4v) is 2.62. The molecule has 1 aliphatic rings. The Morgan fingerprint density at radius 2 is 2.13 bits per heavy atom. The molecule has 0 atom stereocenters. The second-order valence-electron chi connectivity index (χ2n) is 5.76. The van der Waals surface area contributed by atoms with Gasteiger partial charge in [0, 0.05) is 13.1 Å². The number of oxazole rings is 1. The molecule has 1 aromatic carbocycles. The van der Waals surface area contributed by atoms with Crippen LogP contribution in [0.2, 0.25) is 0 Å². The van der Waals surface area contributed by atoms with E-state index >= 15 is 0 Å². The number of anilines is 1. The monoisotopic (exact) mass is 315 g/mol. The van der Waals surface area contributed by atoms with E-state index in [1.165, 1.54) is 12.1 Å². The lowest BCUT2D eigenvalue weighted by Gasteiger charge is -2.29. The van der Waals surface area contributed by atoms with Crippen LogP contribution in [0.5, 0.6) is 5.75 Å². The number of nitriles is 1. The maximum absolute atomic E-state index is 13.5. The molecule has 1 fully saturated rings. The first-order valence-corrected chi connectivity index (χ1v) is 7.69. The molecule has 0 saturated carbocycles. The first-order chi connectivity index (χ1) is 11.2. The molecule has 2 aromatic rings. The summed E-state index contributed by atoms with van der Waals surface area (Å²) in [6.45, 7) is 3.90. The van der Waals surface area contributed by atoms with Crippen molar-refractivity contribution in [1.29, 1.82) is 5.26 Å². The quantitative estimate of drug-likeness (QED) is 0.864. The summed E-state index contributed by atoms with van der Waals surface area (Å²) in [5.74, 6) is 1.15. The van der Waals surface area contributed by atoms with Crippen molar-refractivity contribution >= 4 is 5.88 Å². The Bertz CT molecular complexity index is 715. The fraction of sp³-hybridized carbons (Fsp3) is 0.412. The number of piperidine rings is 1. The van der Waals surface area contributed by atoms with E-state index in [-0.39, 0.29) is 23.9 Å². The number of hydrogen-bond donors (Lipinski definition) is 0. The number of hydrogen-bond acceptors (Lipinski definition) is 5. The molecule has 1 aliphatic heterocycles. The number of aromatic nitrogens is 1. The molecular formula is C17H18FN3O2. The predicted octanol–water partition coefficient (Wildman–Crippen LogP) is 3.50. The van der Waals surface area contributed by atoms with E-state index in [9.17, 15) is 9.65 Å². The minimum Gasteiger partial charge on any atom is -0.481 e. The minimum absolute atomic E-state index is 0.0140. The number of ether oxygens (including phenoxy) is 1. The lowest BCUT2D eigenvalue weighted by atomic mass is 9.99. The standard InChI is InChI=1S/C17H18FN3O2/c1-12-6-8-21(9-7-12)17-14(10-19)20-16(23-17)11-22-15-5-3-2-4-13(15)18/h2-5,12H,6-9,11H2,1H3. The summed E-state index contributed by atoms with van der Waals surface area (Å²) in [4.78, 5) is 6.19. The molecular weight excluding hydrogens is 297 g/mol. The molecule has 1 aromatic heterocycles. The summed E-state index contributed by atoms with van der Waals surface area (Å²) in [5.41, 5.74) is 0.256. The van der Waals surface area contributed by atoms with Gasteiger partial charge in [0.15, 0.2) is 18.2 Å². The summed E-state index contributed by atoms with van der Waals surface area (Å²) in [7, 11) is 0. The fourth-order valence-electron chi connectivity index (χ4n) is 2.62. The maximum atomic E-state index is 13.5. The average molecular weight is 315 g/mol. The second kappa shape index (κ2) is 6.69. The average Bonchev–Trinajstić information content (AvgIpc) is 2.98. The molecule has 0 N–H and O–H groups in total. The summed E-state index contributed by atoms with van der Waals surface area (Å²) in [6.07, 6.45) is 2.12. The Labute approximate surface area is 134 Å². The van der Waals surface area contributed by atoms with E-state index in [1.54, 1.807) is 12.1 Å². The van der Waals surface area contributed by atoms with Gasteiger partial charge >= 0.3 is 0 Å². The van der Waals surface area contributed by atoms with Crippen LogP contribution in [0.25, 0.3) is 0 Å². The Balaban J connectivity index is 1.72. The molecule has 0 unspecified atom stereocenters. The van der Waals surface area contributed by atoms with Crippen molar-refractivity contribution < 1.29 is 13.5 Å². The molecule has 1 saturated heterocycles. The van der Waals surface area contributed by atoms with Crippen molar-refractivity contribution in [3.05, 3.63) is 41.7 Å². The molecule has 0 radical (unpaired) electrons. The van der Waals surface area contributed by atoms with Crippen molar-refractivity contribution in [2.75, 3.05) is 18.0 Å². The summed E-state index contributed by atoms with van der Waals surface area (Å²) in [5, 5.41) is 9.24. The van der Waals surface area contributed by atoms with E-state index in [2.05, 4.69) is 18.0 Å². The number of halogens is 1. The highest BCUT2D eigenvalue weighted by Crippen LogP contribution is 2.27. The van der Waals surface area contributed by atoms with E-state index < -0.39 is 5.82 Å². The number of nitrogens with zero attached hydrogens (tertiary/aromatic N) is 3. The van der Waals surface area contributed by atoms with Gasteiger partial charge in [-0.2, -0.15) is 10.2 Å². The van der Waals surface area contributed by atoms with Crippen LogP contribution in [0.3, 0.4) is 0 Å². The van der Waals surface area contributed by atoms with Crippen molar-refractivity contribution in [3.8, 4) is 11.8 Å². The topological polar surface area (TPSA) is 62.3 Å². The first kappa shape index (κ1) is 15.3. The van der Waals surface area contributed by atoms with Gasteiger partial charge in [0.2, 0.25) is 17.5 Å². The van der Waals surface area contributed by atoms with Gasteiger partial charge in [-0.15, -0.1) is 0 Å². The normalized spacial score (nSPS) is 15.4. The third-order valence-corrected chi connectivity index (χ3v) is 4.02. The molecule has 0 bridgehead atoms. The van der Waals surface area contributed by atoms with Gasteiger partial charge in [-0.05, 0) is 30.9 Å². The third-order valence-electron chi connectivity index (χ3n) is 4.02. The molecule has 6 heteroatoms. The lowest BCUT2D eigenvalue weighted by molar-refractivity contribution is 0.251. The highest BCUT2D eigenvalue weighted by molar-refractivity contribution is 5.48. The van der Waals surface area contributed by atoms with Crippen LogP contribution in [0.4, 0.5) is 10.3 Å². The van der Waals surface area contributed by atoms with Gasteiger partial charge in [-0.3, -0.25) is 0 Å². The second-order valence-corrected chi connectivity index (χ2v) is 5.76. The molecule has 0 aliphatic carbocycles. The Morgan fingerprint density at radius 3 is 2.83 bits per heavy atom. The number of para-hydroxylation sites is 1. The molecule has 23 heavy (non-hydrogen) atoms. The van der Waals surface area contributed by atoms with Crippen LogP contribution in [0.15, 0.2) is 28.7 Å². The van der Waals surface area contributed by atoms with Crippen LogP contribution in [-0.2, 0) is 6.61 Å². The maximum Gasteiger partial charge on any atom is 0.236 e. The molecule has 120 valence electrons. The van der Waals surface area contributed by atoms with Gasteiger partial charge in [-0.1, -0.05) is 19.1 Å². The van der Waals surface area contributed by atoms with Crippen LogP contribution in [0.1, 0.15) is 31.4 Å². The summed E-state index contributed by atoms with van der Waals surface area (Å²) in [6, 6.07) is 8.20. The van der Waals surface area contributed by atoms with Crippen LogP contribution >= 0.6 is 0 Å². The third kappa shape index (κ3) is 3.45. The zero-order chi connectivity index (χ0) is 16.2. The summed E-state index contributed by atoms with van der Waals surface area (Å²) < 4.78 is 24.6. The van der Waals surface area contributed by atoms with Crippen molar-refractivity contribution in [3.63, 3.8) is 0 Å². The molecule has 0 spiro atoms. The van der Waals surface area contributed by atoms with Crippen LogP contribution in [-0.4, -0.2) is 18.1 Å². The number of rotatable bonds is 4. The van der Waals surface area contributed by atoms with Gasteiger partial charge in [-0.25, -0.2) is 4.39 Å². The largest absolute Gasteiger partial charge is 0.481 e. The minimum atomic E-state index is -0.440. The van der Waals surface area contributed by atoms with Crippen molar-refractivity contribution in [1.82, 2.24) is 4.98 Å². The van der Waals surface area contributed by atoms with Gasteiger partial charge in [0.1, 0.15) is 6.07 Å². The van der Waals surface area contributed by atoms with Gasteiger partial charge in [0.25, 0.3) is 0 Å². The highest BCUT2D eigenvalue weighted by atomic mass is 19.1. The predicted molar refractivity (Wildman–Crippen MR) is 82.6 cm³/mol. The molecule has 5 nitrogen and oxygen atoms in total. The Morgan fingerprint density at radius 1 is 1.39 bits per heavy atom. The lowest BCUT2D eigenvalue weighted by Crippen LogP contribution is -2.32. The highest BCUT2D eigenvalue weighted by Gasteiger charge is 2.23. The zero-order valence-corrected chi connectivity index (χ0v) is 13.0. The van der Waals surface area contributed by atoms with E-state index in [4.69, 9.17) is 9.15 Å². The molecule has 0 amide bonds. The van der Waals surface area contributed by atoms with Crippen molar-refractivity contribution in [2.45, 2.75) is 26.4 Å².